The number of carbonyl (C=O) groups excluding carboxylic acids is 1. The lowest BCUT2D eigenvalue weighted by Crippen LogP contribution is -2.43. The highest BCUT2D eigenvalue weighted by Crippen LogP contribution is 2.18. The Labute approximate surface area is 110 Å². The standard InChI is InChI=1S/C13H28N2O3/c1-4-13(2,11-14)12(16)15-7-5-6-8-18-10-9-17-3/h4-11,14H2,1-3H3,(H,15,16). The fourth-order valence-electron chi connectivity index (χ4n) is 1.39. The molecule has 0 radical (unpaired) electrons. The molecule has 0 aromatic rings. The van der Waals surface area contributed by atoms with Crippen LogP contribution in [-0.4, -0.2) is 45.9 Å². The van der Waals surface area contributed by atoms with Crippen LogP contribution >= 0.6 is 0 Å². The Bertz CT molecular complexity index is 218. The Balaban J connectivity index is 3.51. The van der Waals surface area contributed by atoms with Crippen molar-refractivity contribution in [1.29, 1.82) is 0 Å². The van der Waals surface area contributed by atoms with Gasteiger partial charge >= 0.3 is 0 Å². The second-order valence-electron chi connectivity index (χ2n) is 4.69. The molecule has 1 atom stereocenters. The van der Waals surface area contributed by atoms with Gasteiger partial charge in [0, 0.05) is 26.8 Å². The molecule has 0 aliphatic carbocycles. The molecule has 18 heavy (non-hydrogen) atoms. The normalized spacial score (nSPS) is 14.2. The first-order valence-electron chi connectivity index (χ1n) is 6.65. The lowest BCUT2D eigenvalue weighted by Gasteiger charge is -2.24. The minimum absolute atomic E-state index is 0.0489. The van der Waals surface area contributed by atoms with Gasteiger partial charge < -0.3 is 20.5 Å². The van der Waals surface area contributed by atoms with E-state index in [9.17, 15) is 4.79 Å². The number of ether oxygens (including phenoxy) is 2. The second-order valence-corrected chi connectivity index (χ2v) is 4.69. The molecule has 1 amide bonds. The molecule has 0 spiro atoms. The Kier molecular flexibility index (Phi) is 9.92. The summed E-state index contributed by atoms with van der Waals surface area (Å²) >= 11 is 0. The smallest absolute Gasteiger partial charge is 0.227 e. The first-order valence-corrected chi connectivity index (χ1v) is 6.65. The van der Waals surface area contributed by atoms with E-state index in [4.69, 9.17) is 15.2 Å². The van der Waals surface area contributed by atoms with Gasteiger partial charge in [0.1, 0.15) is 0 Å². The van der Waals surface area contributed by atoms with Crippen molar-refractivity contribution < 1.29 is 14.3 Å². The van der Waals surface area contributed by atoms with E-state index in [1.165, 1.54) is 0 Å². The molecule has 0 heterocycles. The van der Waals surface area contributed by atoms with Crippen LogP contribution in [-0.2, 0) is 14.3 Å². The van der Waals surface area contributed by atoms with Gasteiger partial charge in [-0.3, -0.25) is 4.79 Å². The number of rotatable bonds is 11. The Morgan fingerprint density at radius 1 is 1.28 bits per heavy atom. The largest absolute Gasteiger partial charge is 0.382 e. The monoisotopic (exact) mass is 260 g/mol. The van der Waals surface area contributed by atoms with E-state index in [1.807, 2.05) is 13.8 Å². The van der Waals surface area contributed by atoms with Crippen LogP contribution < -0.4 is 11.1 Å². The first-order chi connectivity index (χ1) is 8.60. The van der Waals surface area contributed by atoms with Gasteiger partial charge in [0.05, 0.1) is 18.6 Å². The van der Waals surface area contributed by atoms with Gasteiger partial charge in [-0.1, -0.05) is 6.92 Å². The summed E-state index contributed by atoms with van der Waals surface area (Å²) in [6.07, 6.45) is 2.62. The molecule has 0 fully saturated rings. The number of unbranched alkanes of at least 4 members (excludes halogenated alkanes) is 1. The van der Waals surface area contributed by atoms with Crippen LogP contribution in [0.15, 0.2) is 0 Å². The third-order valence-electron chi connectivity index (χ3n) is 3.21. The molecule has 0 aromatic heterocycles. The first kappa shape index (κ1) is 17.4. The summed E-state index contributed by atoms with van der Waals surface area (Å²) in [5.41, 5.74) is 5.19. The van der Waals surface area contributed by atoms with Crippen molar-refractivity contribution in [3.63, 3.8) is 0 Å². The van der Waals surface area contributed by atoms with Crippen LogP contribution in [0.2, 0.25) is 0 Å². The number of carbonyl (C=O) groups is 1. The molecule has 0 rings (SSSR count). The maximum absolute atomic E-state index is 11.9. The van der Waals surface area contributed by atoms with Crippen LogP contribution in [0.3, 0.4) is 0 Å². The van der Waals surface area contributed by atoms with Crippen molar-refractivity contribution in [2.75, 3.05) is 40.0 Å². The molecule has 0 aliphatic rings. The molecule has 108 valence electrons. The molecule has 5 heteroatoms. The van der Waals surface area contributed by atoms with E-state index in [-0.39, 0.29) is 5.91 Å². The summed E-state index contributed by atoms with van der Waals surface area (Å²) in [5, 5.41) is 2.93. The fraction of sp³-hybridized carbons (Fsp3) is 0.923. The van der Waals surface area contributed by atoms with Crippen molar-refractivity contribution in [1.82, 2.24) is 5.32 Å². The molecule has 5 nitrogen and oxygen atoms in total. The van der Waals surface area contributed by atoms with Gasteiger partial charge in [0.25, 0.3) is 0 Å². The molecule has 0 bridgehead atoms. The molecule has 3 N–H and O–H groups in total. The molecule has 0 saturated heterocycles. The van der Waals surface area contributed by atoms with Crippen molar-refractivity contribution in [3.05, 3.63) is 0 Å². The van der Waals surface area contributed by atoms with Gasteiger partial charge in [0.15, 0.2) is 0 Å². The minimum atomic E-state index is -0.436. The minimum Gasteiger partial charge on any atom is -0.382 e. The summed E-state index contributed by atoms with van der Waals surface area (Å²) in [7, 11) is 1.65. The van der Waals surface area contributed by atoms with Gasteiger partial charge in [0.2, 0.25) is 5.91 Å². The number of nitrogens with one attached hydrogen (secondary N) is 1. The zero-order valence-corrected chi connectivity index (χ0v) is 12.0. The molecule has 0 aliphatic heterocycles. The number of amides is 1. The van der Waals surface area contributed by atoms with E-state index < -0.39 is 5.41 Å². The van der Waals surface area contributed by atoms with Crippen LogP contribution in [0.4, 0.5) is 0 Å². The zero-order chi connectivity index (χ0) is 13.9. The van der Waals surface area contributed by atoms with E-state index in [1.54, 1.807) is 7.11 Å². The van der Waals surface area contributed by atoms with E-state index in [2.05, 4.69) is 5.32 Å². The number of hydrogen-bond acceptors (Lipinski definition) is 4. The summed E-state index contributed by atoms with van der Waals surface area (Å²) in [5.74, 6) is 0.0489. The maximum atomic E-state index is 11.9. The second kappa shape index (κ2) is 10.3. The average molecular weight is 260 g/mol. The van der Waals surface area contributed by atoms with Crippen molar-refractivity contribution in [3.8, 4) is 0 Å². The lowest BCUT2D eigenvalue weighted by molar-refractivity contribution is -0.129. The quantitative estimate of drug-likeness (QED) is 0.542. The van der Waals surface area contributed by atoms with Crippen LogP contribution in [0.25, 0.3) is 0 Å². The van der Waals surface area contributed by atoms with Crippen molar-refractivity contribution >= 4 is 5.91 Å². The van der Waals surface area contributed by atoms with Crippen LogP contribution in [0, 0.1) is 5.41 Å². The Morgan fingerprint density at radius 3 is 2.56 bits per heavy atom. The maximum Gasteiger partial charge on any atom is 0.227 e. The molecule has 1 unspecified atom stereocenters. The Morgan fingerprint density at radius 2 is 2.00 bits per heavy atom. The number of hydrogen-bond donors (Lipinski definition) is 2. The highest BCUT2D eigenvalue weighted by atomic mass is 16.5. The molecule has 0 aromatic carbocycles. The van der Waals surface area contributed by atoms with Crippen molar-refractivity contribution in [2.24, 2.45) is 11.1 Å². The van der Waals surface area contributed by atoms with E-state index in [0.717, 1.165) is 19.3 Å². The van der Waals surface area contributed by atoms with E-state index >= 15 is 0 Å². The Hall–Kier alpha value is -0.650. The SMILES string of the molecule is CCC(C)(CN)C(=O)NCCCCOCCOC. The van der Waals surface area contributed by atoms with Crippen LogP contribution in [0.5, 0.6) is 0 Å². The number of nitrogens with two attached hydrogens (primary N) is 1. The highest BCUT2D eigenvalue weighted by molar-refractivity contribution is 5.82. The van der Waals surface area contributed by atoms with Gasteiger partial charge in [-0.25, -0.2) is 0 Å². The van der Waals surface area contributed by atoms with Gasteiger partial charge in [-0.2, -0.15) is 0 Å². The van der Waals surface area contributed by atoms with Gasteiger partial charge in [-0.05, 0) is 26.2 Å². The predicted molar refractivity (Wildman–Crippen MR) is 72.4 cm³/mol. The molecular weight excluding hydrogens is 232 g/mol. The highest BCUT2D eigenvalue weighted by Gasteiger charge is 2.28. The van der Waals surface area contributed by atoms with E-state index in [0.29, 0.717) is 32.9 Å². The summed E-state index contributed by atoms with van der Waals surface area (Å²) in [6, 6.07) is 0. The molecular formula is C13H28N2O3. The predicted octanol–water partition coefficient (Wildman–Crippen LogP) is 0.921. The van der Waals surface area contributed by atoms with Gasteiger partial charge in [-0.15, -0.1) is 0 Å². The summed E-state index contributed by atoms with van der Waals surface area (Å²) < 4.78 is 10.2. The van der Waals surface area contributed by atoms with Crippen molar-refractivity contribution in [2.45, 2.75) is 33.1 Å². The summed E-state index contributed by atoms with van der Waals surface area (Å²) in [4.78, 5) is 11.9. The molecule has 0 saturated carbocycles. The average Bonchev–Trinajstić information content (AvgIpc) is 2.40. The third kappa shape index (κ3) is 6.93. The lowest BCUT2D eigenvalue weighted by atomic mass is 9.86. The van der Waals surface area contributed by atoms with Crippen LogP contribution in [0.1, 0.15) is 33.1 Å². The number of methoxy groups -OCH3 is 1. The third-order valence-corrected chi connectivity index (χ3v) is 3.21. The zero-order valence-electron chi connectivity index (χ0n) is 12.0. The topological polar surface area (TPSA) is 73.6 Å². The summed E-state index contributed by atoms with van der Waals surface area (Å²) in [6.45, 7) is 6.91. The fourth-order valence-corrected chi connectivity index (χ4v) is 1.39.